The van der Waals surface area contributed by atoms with Gasteiger partial charge >= 0.3 is 0 Å². The van der Waals surface area contributed by atoms with Crippen LogP contribution in [0.4, 0.5) is 0 Å². The van der Waals surface area contributed by atoms with E-state index in [0.29, 0.717) is 5.56 Å². The third-order valence-electron chi connectivity index (χ3n) is 2.96. The van der Waals surface area contributed by atoms with E-state index in [4.69, 9.17) is 0 Å². The molecule has 1 N–H and O–H groups in total. The standard InChI is InChI=1S/C13H17N3O2S/c1-10(13(18)16-5-7-19-8-6-16)15-12(17)11-3-2-4-14-9-11/h2-4,9-10H,5-8H2,1H3,(H,15,17)/t10-/m1/s1. The molecule has 1 aliphatic rings. The van der Waals surface area contributed by atoms with E-state index in [9.17, 15) is 9.59 Å². The zero-order valence-electron chi connectivity index (χ0n) is 10.8. The Morgan fingerprint density at radius 2 is 2.16 bits per heavy atom. The molecule has 19 heavy (non-hydrogen) atoms. The van der Waals surface area contributed by atoms with Gasteiger partial charge in [0.25, 0.3) is 5.91 Å². The van der Waals surface area contributed by atoms with Gasteiger partial charge in [-0.1, -0.05) is 0 Å². The smallest absolute Gasteiger partial charge is 0.253 e. The number of nitrogens with zero attached hydrogens (tertiary/aromatic N) is 2. The van der Waals surface area contributed by atoms with Gasteiger partial charge in [-0.3, -0.25) is 14.6 Å². The van der Waals surface area contributed by atoms with Crippen LogP contribution < -0.4 is 5.32 Å². The van der Waals surface area contributed by atoms with Crippen LogP contribution in [0.5, 0.6) is 0 Å². The van der Waals surface area contributed by atoms with E-state index in [1.165, 1.54) is 6.20 Å². The van der Waals surface area contributed by atoms with Gasteiger partial charge in [0.1, 0.15) is 6.04 Å². The summed E-state index contributed by atoms with van der Waals surface area (Å²) in [7, 11) is 0. The van der Waals surface area contributed by atoms with Crippen molar-refractivity contribution in [3.63, 3.8) is 0 Å². The summed E-state index contributed by atoms with van der Waals surface area (Å²) in [5.74, 6) is 1.65. The van der Waals surface area contributed by atoms with Crippen molar-refractivity contribution in [2.75, 3.05) is 24.6 Å². The van der Waals surface area contributed by atoms with Gasteiger partial charge in [-0.2, -0.15) is 11.8 Å². The molecular formula is C13H17N3O2S. The zero-order chi connectivity index (χ0) is 13.7. The first-order valence-corrected chi connectivity index (χ1v) is 7.41. The van der Waals surface area contributed by atoms with Crippen molar-refractivity contribution in [3.05, 3.63) is 30.1 Å². The molecule has 0 aliphatic carbocycles. The first-order chi connectivity index (χ1) is 9.18. The van der Waals surface area contributed by atoms with Crippen molar-refractivity contribution in [3.8, 4) is 0 Å². The maximum absolute atomic E-state index is 12.2. The maximum Gasteiger partial charge on any atom is 0.253 e. The van der Waals surface area contributed by atoms with Crippen LogP contribution in [0.15, 0.2) is 24.5 Å². The van der Waals surface area contributed by atoms with Crippen molar-refractivity contribution >= 4 is 23.6 Å². The number of hydrogen-bond donors (Lipinski definition) is 1. The largest absolute Gasteiger partial charge is 0.340 e. The Hall–Kier alpha value is -1.56. The molecule has 5 nitrogen and oxygen atoms in total. The Labute approximate surface area is 116 Å². The summed E-state index contributed by atoms with van der Waals surface area (Å²) in [6.45, 7) is 3.24. The van der Waals surface area contributed by atoms with Gasteiger partial charge < -0.3 is 10.2 Å². The number of carbonyl (C=O) groups excluding carboxylic acids is 2. The number of carbonyl (C=O) groups is 2. The number of nitrogens with one attached hydrogen (secondary N) is 1. The molecule has 1 saturated heterocycles. The molecule has 0 radical (unpaired) electrons. The van der Waals surface area contributed by atoms with E-state index in [0.717, 1.165) is 24.6 Å². The highest BCUT2D eigenvalue weighted by Gasteiger charge is 2.23. The summed E-state index contributed by atoms with van der Waals surface area (Å²) in [5, 5.41) is 2.72. The molecule has 2 amide bonds. The van der Waals surface area contributed by atoms with Crippen LogP contribution in [-0.4, -0.2) is 52.3 Å². The summed E-state index contributed by atoms with van der Waals surface area (Å²) in [6.07, 6.45) is 3.10. The van der Waals surface area contributed by atoms with Crippen LogP contribution in [0.25, 0.3) is 0 Å². The highest BCUT2D eigenvalue weighted by Crippen LogP contribution is 2.10. The molecule has 0 unspecified atom stereocenters. The van der Waals surface area contributed by atoms with Crippen LogP contribution in [0.3, 0.4) is 0 Å². The van der Waals surface area contributed by atoms with Crippen LogP contribution in [0.1, 0.15) is 17.3 Å². The average Bonchev–Trinajstić information content (AvgIpc) is 2.48. The summed E-state index contributed by atoms with van der Waals surface area (Å²) in [4.78, 5) is 29.8. The molecule has 2 rings (SSSR count). The first kappa shape index (κ1) is 13.9. The van der Waals surface area contributed by atoms with Crippen molar-refractivity contribution in [2.24, 2.45) is 0 Å². The third kappa shape index (κ3) is 3.70. The van der Waals surface area contributed by atoms with Gasteiger partial charge in [-0.15, -0.1) is 0 Å². The molecule has 6 heteroatoms. The summed E-state index contributed by atoms with van der Waals surface area (Å²) < 4.78 is 0. The second kappa shape index (κ2) is 6.56. The first-order valence-electron chi connectivity index (χ1n) is 6.26. The number of rotatable bonds is 3. The van der Waals surface area contributed by atoms with Crippen molar-refractivity contribution in [1.29, 1.82) is 0 Å². The molecule has 0 spiro atoms. The van der Waals surface area contributed by atoms with E-state index in [2.05, 4.69) is 10.3 Å². The lowest BCUT2D eigenvalue weighted by Gasteiger charge is -2.29. The lowest BCUT2D eigenvalue weighted by molar-refractivity contribution is -0.132. The van der Waals surface area contributed by atoms with Gasteiger partial charge in [-0.25, -0.2) is 0 Å². The second-order valence-corrected chi connectivity index (χ2v) is 5.60. The van der Waals surface area contributed by atoms with E-state index in [1.54, 1.807) is 25.3 Å². The molecule has 0 bridgehead atoms. The highest BCUT2D eigenvalue weighted by atomic mass is 32.2. The third-order valence-corrected chi connectivity index (χ3v) is 3.91. The summed E-state index contributed by atoms with van der Waals surface area (Å²) in [6, 6.07) is 2.87. The van der Waals surface area contributed by atoms with Crippen molar-refractivity contribution < 1.29 is 9.59 Å². The molecule has 0 saturated carbocycles. The number of aromatic nitrogens is 1. The van der Waals surface area contributed by atoms with Crippen LogP contribution in [0.2, 0.25) is 0 Å². The van der Waals surface area contributed by atoms with E-state index in [1.807, 2.05) is 16.7 Å². The Balaban J connectivity index is 1.91. The highest BCUT2D eigenvalue weighted by molar-refractivity contribution is 7.99. The van der Waals surface area contributed by atoms with Crippen molar-refractivity contribution in [1.82, 2.24) is 15.2 Å². The Kier molecular flexibility index (Phi) is 4.79. The Bertz CT molecular complexity index is 446. The summed E-state index contributed by atoms with van der Waals surface area (Å²) in [5.41, 5.74) is 0.469. The van der Waals surface area contributed by atoms with Gasteiger partial charge in [0.15, 0.2) is 0 Å². The van der Waals surface area contributed by atoms with Crippen LogP contribution in [-0.2, 0) is 4.79 Å². The van der Waals surface area contributed by atoms with Crippen LogP contribution >= 0.6 is 11.8 Å². The zero-order valence-corrected chi connectivity index (χ0v) is 11.7. The normalized spacial score (nSPS) is 16.8. The molecule has 1 aliphatic heterocycles. The monoisotopic (exact) mass is 279 g/mol. The molecule has 1 aromatic heterocycles. The van der Waals surface area contributed by atoms with E-state index in [-0.39, 0.29) is 11.8 Å². The molecule has 102 valence electrons. The fourth-order valence-corrected chi connectivity index (χ4v) is 2.80. The molecule has 1 atom stereocenters. The average molecular weight is 279 g/mol. The van der Waals surface area contributed by atoms with E-state index < -0.39 is 6.04 Å². The second-order valence-electron chi connectivity index (χ2n) is 4.37. The maximum atomic E-state index is 12.2. The van der Waals surface area contributed by atoms with Gasteiger partial charge in [0, 0.05) is 37.0 Å². The number of hydrogen-bond acceptors (Lipinski definition) is 4. The van der Waals surface area contributed by atoms with Gasteiger partial charge in [-0.05, 0) is 19.1 Å². The molecule has 0 aromatic carbocycles. The molecule has 1 fully saturated rings. The van der Waals surface area contributed by atoms with Crippen molar-refractivity contribution in [2.45, 2.75) is 13.0 Å². The van der Waals surface area contributed by atoms with Gasteiger partial charge in [0.05, 0.1) is 5.56 Å². The predicted octanol–water partition coefficient (Wildman–Crippen LogP) is 0.775. The topological polar surface area (TPSA) is 62.3 Å². The number of pyridine rings is 1. The minimum Gasteiger partial charge on any atom is -0.340 e. The fourth-order valence-electron chi connectivity index (χ4n) is 1.90. The molecule has 2 heterocycles. The summed E-state index contributed by atoms with van der Waals surface area (Å²) >= 11 is 1.85. The Morgan fingerprint density at radius 1 is 1.42 bits per heavy atom. The minimum absolute atomic E-state index is 0.0162. The number of thioether (sulfide) groups is 1. The van der Waals surface area contributed by atoms with E-state index >= 15 is 0 Å². The molecular weight excluding hydrogens is 262 g/mol. The van der Waals surface area contributed by atoms with Crippen LogP contribution in [0, 0.1) is 0 Å². The SMILES string of the molecule is C[C@@H](NC(=O)c1cccnc1)C(=O)N1CCSCC1. The molecule has 1 aromatic rings. The lowest BCUT2D eigenvalue weighted by Crippen LogP contribution is -2.49. The predicted molar refractivity (Wildman–Crippen MR) is 75.1 cm³/mol. The minimum atomic E-state index is -0.504. The Morgan fingerprint density at radius 3 is 2.79 bits per heavy atom. The fraction of sp³-hybridized carbons (Fsp3) is 0.462. The number of amides is 2. The lowest BCUT2D eigenvalue weighted by atomic mass is 10.2. The quantitative estimate of drug-likeness (QED) is 0.888. The van der Waals surface area contributed by atoms with Gasteiger partial charge in [0.2, 0.25) is 5.91 Å².